The minimum absolute atomic E-state index is 0.0598. The summed E-state index contributed by atoms with van der Waals surface area (Å²) >= 11 is 1.04. The molecule has 1 aliphatic rings. The molecule has 5 nitrogen and oxygen atoms in total. The summed E-state index contributed by atoms with van der Waals surface area (Å²) in [5, 5.41) is -0.115. The molecule has 1 amide bonds. The maximum absolute atomic E-state index is 12.9. The molecule has 0 aliphatic carbocycles. The minimum atomic E-state index is -1.09. The van der Waals surface area contributed by atoms with Gasteiger partial charge in [-0.1, -0.05) is 24.4 Å². The molecule has 0 N–H and O–H groups in total. The van der Waals surface area contributed by atoms with Crippen molar-refractivity contribution in [3.05, 3.63) is 12.7 Å². The average Bonchev–Trinajstić information content (AvgIpc) is 2.78. The molecule has 0 aromatic heterocycles. The van der Waals surface area contributed by atoms with Gasteiger partial charge in [-0.3, -0.25) is 9.69 Å². The van der Waals surface area contributed by atoms with E-state index in [9.17, 15) is 14.0 Å². The van der Waals surface area contributed by atoms with E-state index in [1.807, 2.05) is 0 Å². The average molecular weight is 319 g/mol. The van der Waals surface area contributed by atoms with Crippen molar-refractivity contribution in [3.63, 3.8) is 0 Å². The number of carbonyl (C=O) groups excluding carboxylic acids is 2. The van der Waals surface area contributed by atoms with E-state index in [1.165, 1.54) is 24.8 Å². The van der Waals surface area contributed by atoms with E-state index in [2.05, 4.69) is 6.58 Å². The lowest BCUT2D eigenvalue weighted by Gasteiger charge is -2.36. The number of hydrogen-bond donors (Lipinski definition) is 0. The van der Waals surface area contributed by atoms with Gasteiger partial charge in [0, 0.05) is 13.5 Å². The Bertz CT molecular complexity index is 391. The van der Waals surface area contributed by atoms with Crippen molar-refractivity contribution in [3.8, 4) is 0 Å². The van der Waals surface area contributed by atoms with Crippen molar-refractivity contribution in [1.82, 2.24) is 4.90 Å². The molecule has 0 spiro atoms. The van der Waals surface area contributed by atoms with Crippen LogP contribution in [0.1, 0.15) is 26.7 Å². The first-order chi connectivity index (χ1) is 9.91. The second kappa shape index (κ2) is 8.38. The van der Waals surface area contributed by atoms with Gasteiger partial charge in [-0.25, -0.2) is 9.18 Å². The molecule has 0 bridgehead atoms. The zero-order valence-electron chi connectivity index (χ0n) is 12.5. The van der Waals surface area contributed by atoms with Crippen molar-refractivity contribution in [1.29, 1.82) is 0 Å². The fourth-order valence-electron chi connectivity index (χ4n) is 2.25. The SMILES string of the molecule is C=CCOC(=O)N1CCCC1(COCC(C)F)SC(C)=O. The normalized spacial score (nSPS) is 22.9. The van der Waals surface area contributed by atoms with E-state index in [0.717, 1.165) is 18.2 Å². The third kappa shape index (κ3) is 5.32. The molecule has 1 fully saturated rings. The molecule has 2 unspecified atom stereocenters. The van der Waals surface area contributed by atoms with Crippen LogP contribution in [0.15, 0.2) is 12.7 Å². The molecule has 1 saturated heterocycles. The number of ether oxygens (including phenoxy) is 2. The number of hydrogen-bond acceptors (Lipinski definition) is 5. The summed E-state index contributed by atoms with van der Waals surface area (Å²) in [6.07, 6.45) is 1.25. The van der Waals surface area contributed by atoms with Gasteiger partial charge in [-0.2, -0.15) is 0 Å². The Hall–Kier alpha value is -1.08. The van der Waals surface area contributed by atoms with E-state index in [-0.39, 0.29) is 24.9 Å². The first-order valence-corrected chi connectivity index (χ1v) is 7.69. The Labute approximate surface area is 128 Å². The van der Waals surface area contributed by atoms with Crippen molar-refractivity contribution in [2.24, 2.45) is 0 Å². The highest BCUT2D eigenvalue weighted by Crippen LogP contribution is 2.40. The zero-order chi connectivity index (χ0) is 15.9. The molecule has 0 radical (unpaired) electrons. The maximum atomic E-state index is 12.9. The minimum Gasteiger partial charge on any atom is -0.445 e. The predicted molar refractivity (Wildman–Crippen MR) is 79.9 cm³/mol. The third-order valence-corrected chi connectivity index (χ3v) is 4.20. The Morgan fingerprint density at radius 1 is 1.57 bits per heavy atom. The molecule has 1 heterocycles. The van der Waals surface area contributed by atoms with Crippen LogP contribution in [0.4, 0.5) is 9.18 Å². The number of amides is 1. The van der Waals surface area contributed by atoms with E-state index >= 15 is 0 Å². The van der Waals surface area contributed by atoms with Crippen LogP contribution in [0, 0.1) is 0 Å². The molecule has 0 aromatic carbocycles. The molecule has 120 valence electrons. The molecule has 0 aromatic rings. The highest BCUT2D eigenvalue weighted by Gasteiger charge is 2.46. The molecular formula is C14H22FNO4S. The van der Waals surface area contributed by atoms with Gasteiger partial charge in [0.2, 0.25) is 0 Å². The van der Waals surface area contributed by atoms with E-state index < -0.39 is 17.1 Å². The number of alkyl halides is 1. The second-order valence-electron chi connectivity index (χ2n) is 4.96. The van der Waals surface area contributed by atoms with Crippen LogP contribution in [0.5, 0.6) is 0 Å². The van der Waals surface area contributed by atoms with Crippen LogP contribution in [-0.4, -0.2) is 53.5 Å². The predicted octanol–water partition coefficient (Wildman–Crippen LogP) is 2.76. The highest BCUT2D eigenvalue weighted by atomic mass is 32.2. The van der Waals surface area contributed by atoms with E-state index in [4.69, 9.17) is 9.47 Å². The van der Waals surface area contributed by atoms with Crippen LogP contribution in [0.25, 0.3) is 0 Å². The van der Waals surface area contributed by atoms with Crippen molar-refractivity contribution in [2.45, 2.75) is 37.7 Å². The Kier molecular flexibility index (Phi) is 7.17. The quantitative estimate of drug-likeness (QED) is 0.675. The molecule has 7 heteroatoms. The first kappa shape index (κ1) is 18.0. The topological polar surface area (TPSA) is 55.8 Å². The van der Waals surface area contributed by atoms with Crippen LogP contribution in [0.3, 0.4) is 0 Å². The van der Waals surface area contributed by atoms with Gasteiger partial charge in [0.25, 0.3) is 0 Å². The Balaban J connectivity index is 2.79. The smallest absolute Gasteiger partial charge is 0.411 e. The fourth-order valence-corrected chi connectivity index (χ4v) is 3.45. The summed E-state index contributed by atoms with van der Waals surface area (Å²) < 4.78 is 23.3. The number of thioether (sulfide) groups is 1. The van der Waals surface area contributed by atoms with Gasteiger partial charge in [-0.15, -0.1) is 0 Å². The summed E-state index contributed by atoms with van der Waals surface area (Å²) in [7, 11) is 0. The summed E-state index contributed by atoms with van der Waals surface area (Å²) in [5.41, 5.74) is 0. The molecular weight excluding hydrogens is 297 g/mol. The Morgan fingerprint density at radius 2 is 2.29 bits per heavy atom. The largest absolute Gasteiger partial charge is 0.445 e. The lowest BCUT2D eigenvalue weighted by atomic mass is 10.2. The molecule has 21 heavy (non-hydrogen) atoms. The second-order valence-corrected chi connectivity index (χ2v) is 6.50. The molecule has 2 atom stereocenters. The van der Waals surface area contributed by atoms with Gasteiger partial charge in [0.05, 0.1) is 13.2 Å². The summed E-state index contributed by atoms with van der Waals surface area (Å²) in [6.45, 7) is 6.98. The van der Waals surface area contributed by atoms with E-state index in [0.29, 0.717) is 13.0 Å². The summed E-state index contributed by atoms with van der Waals surface area (Å²) in [5.74, 6) is 0. The summed E-state index contributed by atoms with van der Waals surface area (Å²) in [4.78, 5) is 24.3. The van der Waals surface area contributed by atoms with Crippen molar-refractivity contribution < 1.29 is 23.5 Å². The summed E-state index contributed by atoms with van der Waals surface area (Å²) in [6, 6.07) is 0. The number of nitrogens with zero attached hydrogens (tertiary/aromatic N) is 1. The third-order valence-electron chi connectivity index (χ3n) is 2.99. The number of rotatable bonds is 7. The Morgan fingerprint density at radius 3 is 2.86 bits per heavy atom. The maximum Gasteiger partial charge on any atom is 0.411 e. The monoisotopic (exact) mass is 319 g/mol. The lowest BCUT2D eigenvalue weighted by Crippen LogP contribution is -2.49. The molecule has 0 saturated carbocycles. The van der Waals surface area contributed by atoms with E-state index in [1.54, 1.807) is 0 Å². The van der Waals surface area contributed by atoms with Crippen LogP contribution in [0.2, 0.25) is 0 Å². The molecule has 1 aliphatic heterocycles. The number of carbonyl (C=O) groups is 2. The van der Waals surface area contributed by atoms with Gasteiger partial charge in [0.1, 0.15) is 17.6 Å². The zero-order valence-corrected chi connectivity index (χ0v) is 13.3. The highest BCUT2D eigenvalue weighted by molar-refractivity contribution is 8.14. The van der Waals surface area contributed by atoms with Crippen LogP contribution >= 0.6 is 11.8 Å². The lowest BCUT2D eigenvalue weighted by molar-refractivity contribution is -0.109. The molecule has 1 rings (SSSR count). The van der Waals surface area contributed by atoms with Crippen LogP contribution < -0.4 is 0 Å². The van der Waals surface area contributed by atoms with Gasteiger partial charge in [0.15, 0.2) is 5.12 Å². The number of likely N-dealkylation sites (tertiary alicyclic amines) is 1. The van der Waals surface area contributed by atoms with Crippen molar-refractivity contribution >= 4 is 23.0 Å². The standard InChI is InChI=1S/C14H22FNO4S/c1-4-8-20-13(18)16-7-5-6-14(16,21-12(3)17)10-19-9-11(2)15/h4,11H,1,5-10H2,2-3H3. The fraction of sp³-hybridized carbons (Fsp3) is 0.714. The van der Waals surface area contributed by atoms with Gasteiger partial charge < -0.3 is 9.47 Å². The number of halogens is 1. The van der Waals surface area contributed by atoms with Crippen LogP contribution in [-0.2, 0) is 14.3 Å². The van der Waals surface area contributed by atoms with Gasteiger partial charge >= 0.3 is 6.09 Å². The van der Waals surface area contributed by atoms with Gasteiger partial charge in [-0.05, 0) is 19.8 Å². The first-order valence-electron chi connectivity index (χ1n) is 6.88. The van der Waals surface area contributed by atoms with Crippen molar-refractivity contribution in [2.75, 3.05) is 26.4 Å².